The van der Waals surface area contributed by atoms with Gasteiger partial charge >= 0.3 is 5.97 Å². The number of nitro groups is 1. The van der Waals surface area contributed by atoms with E-state index in [4.69, 9.17) is 0 Å². The van der Waals surface area contributed by atoms with E-state index in [9.17, 15) is 24.8 Å². The molecule has 2 aliphatic heterocycles. The van der Waals surface area contributed by atoms with E-state index >= 15 is 0 Å². The highest BCUT2D eigenvalue weighted by Gasteiger charge is 2.31. The van der Waals surface area contributed by atoms with Crippen molar-refractivity contribution in [1.82, 2.24) is 9.30 Å². The van der Waals surface area contributed by atoms with Crippen LogP contribution in [0.5, 0.6) is 0 Å². The Kier molecular flexibility index (Phi) is 5.65. The van der Waals surface area contributed by atoms with Crippen LogP contribution in [0, 0.1) is 10.1 Å². The first-order chi connectivity index (χ1) is 17.4. The number of hydrogen-bond acceptors (Lipinski definition) is 7. The molecule has 4 aromatic rings. The highest BCUT2D eigenvalue weighted by atomic mass is 32.1. The van der Waals surface area contributed by atoms with Crippen LogP contribution >= 0.6 is 11.3 Å². The minimum Gasteiger partial charge on any atom is -0.477 e. The van der Waals surface area contributed by atoms with Crippen LogP contribution in [0.25, 0.3) is 25.9 Å². The molecular formula is C26H26N4O5S. The lowest BCUT2D eigenvalue weighted by Crippen LogP contribution is -2.46. The molecule has 0 amide bonds. The zero-order valence-corrected chi connectivity index (χ0v) is 20.5. The van der Waals surface area contributed by atoms with Gasteiger partial charge in [-0.1, -0.05) is 18.6 Å². The van der Waals surface area contributed by atoms with Crippen molar-refractivity contribution in [3.05, 3.63) is 62.3 Å². The summed E-state index contributed by atoms with van der Waals surface area (Å²) in [5.41, 5.74) is 0.545. The van der Waals surface area contributed by atoms with Gasteiger partial charge in [0.2, 0.25) is 5.43 Å². The summed E-state index contributed by atoms with van der Waals surface area (Å²) in [7, 11) is 0. The molecule has 2 aliphatic rings. The normalized spacial score (nSPS) is 17.8. The van der Waals surface area contributed by atoms with Gasteiger partial charge in [0.15, 0.2) is 0 Å². The minimum atomic E-state index is -1.34. The number of fused-ring (bicyclic) bond motifs is 5. The van der Waals surface area contributed by atoms with Crippen LogP contribution in [0.3, 0.4) is 0 Å². The van der Waals surface area contributed by atoms with E-state index in [1.165, 1.54) is 36.7 Å². The summed E-state index contributed by atoms with van der Waals surface area (Å²) in [5.74, 6) is -1.34. The number of nitrogens with zero attached hydrogens (tertiary/aromatic N) is 4. The standard InChI is InChI=1S/C26H26N4O5S/c31-24-17-14-21(30(34)35)20(28-12-8-16(9-13-28)27-10-4-1-5-11-27)15-19(17)29-18-6-2-3-7-22(18)36-25(29)23(24)26(32)33/h2-3,6-7,14-16H,1,4-5,8-13H2,(H,32,33). The average Bonchev–Trinajstić information content (AvgIpc) is 3.27. The smallest absolute Gasteiger partial charge is 0.342 e. The number of nitro benzene ring substituents is 1. The van der Waals surface area contributed by atoms with E-state index in [0.717, 1.165) is 36.1 Å². The molecule has 0 radical (unpaired) electrons. The van der Waals surface area contributed by atoms with Crippen molar-refractivity contribution in [3.63, 3.8) is 0 Å². The van der Waals surface area contributed by atoms with Crippen molar-refractivity contribution in [2.24, 2.45) is 0 Å². The van der Waals surface area contributed by atoms with Crippen LogP contribution in [0.2, 0.25) is 0 Å². The average molecular weight is 507 g/mol. The molecule has 0 atom stereocenters. The van der Waals surface area contributed by atoms with Crippen LogP contribution < -0.4 is 10.3 Å². The maximum Gasteiger partial charge on any atom is 0.342 e. The minimum absolute atomic E-state index is 0.0482. The number of hydrogen-bond donors (Lipinski definition) is 1. The van der Waals surface area contributed by atoms with Gasteiger partial charge in [0.1, 0.15) is 16.1 Å². The molecule has 0 aliphatic carbocycles. The summed E-state index contributed by atoms with van der Waals surface area (Å²) in [6.07, 6.45) is 5.61. The second kappa shape index (κ2) is 8.86. The second-order valence-electron chi connectivity index (χ2n) is 9.65. The van der Waals surface area contributed by atoms with Crippen LogP contribution in [0.15, 0.2) is 41.2 Å². The molecule has 2 fully saturated rings. The molecule has 0 saturated carbocycles. The van der Waals surface area contributed by atoms with Gasteiger partial charge in [-0.15, -0.1) is 11.3 Å². The van der Waals surface area contributed by atoms with Gasteiger partial charge < -0.3 is 14.9 Å². The first-order valence-corrected chi connectivity index (χ1v) is 13.2. The van der Waals surface area contributed by atoms with Crippen LogP contribution in [-0.4, -0.2) is 57.5 Å². The molecule has 36 heavy (non-hydrogen) atoms. The molecule has 9 nitrogen and oxygen atoms in total. The Labute approximate surface area is 210 Å². The molecule has 0 spiro atoms. The third kappa shape index (κ3) is 3.63. The molecule has 10 heteroatoms. The Balaban J connectivity index is 1.52. The van der Waals surface area contributed by atoms with Gasteiger partial charge in [0.25, 0.3) is 5.69 Å². The summed E-state index contributed by atoms with van der Waals surface area (Å²) in [6.45, 7) is 3.64. The number of thiazole rings is 1. The molecule has 0 bridgehead atoms. The van der Waals surface area contributed by atoms with Gasteiger partial charge in [-0.25, -0.2) is 4.79 Å². The fourth-order valence-corrected chi connectivity index (χ4v) is 7.09. The number of pyridine rings is 1. The lowest BCUT2D eigenvalue weighted by atomic mass is 9.99. The van der Waals surface area contributed by atoms with Crippen molar-refractivity contribution in [3.8, 4) is 0 Å². The van der Waals surface area contributed by atoms with Crippen molar-refractivity contribution in [1.29, 1.82) is 0 Å². The van der Waals surface area contributed by atoms with E-state index in [1.54, 1.807) is 10.5 Å². The maximum absolute atomic E-state index is 13.3. The van der Waals surface area contributed by atoms with Crippen LogP contribution in [0.1, 0.15) is 42.5 Å². The molecular weight excluding hydrogens is 480 g/mol. The lowest BCUT2D eigenvalue weighted by Gasteiger charge is -2.40. The van der Waals surface area contributed by atoms with Crippen molar-refractivity contribution >= 4 is 54.6 Å². The third-order valence-electron chi connectivity index (χ3n) is 7.66. The van der Waals surface area contributed by atoms with E-state index in [0.29, 0.717) is 35.2 Å². The number of carboxylic acids is 1. The number of anilines is 1. The first-order valence-electron chi connectivity index (χ1n) is 12.3. The van der Waals surface area contributed by atoms with Gasteiger partial charge in [-0.2, -0.15) is 0 Å². The van der Waals surface area contributed by atoms with Crippen molar-refractivity contribution in [2.75, 3.05) is 31.1 Å². The summed E-state index contributed by atoms with van der Waals surface area (Å²) in [5, 5.41) is 22.0. The fourth-order valence-electron chi connectivity index (χ4n) is 5.90. The Hall–Kier alpha value is -3.50. The molecule has 6 rings (SSSR count). The summed E-state index contributed by atoms with van der Waals surface area (Å²) in [6, 6.07) is 11.0. The first kappa shape index (κ1) is 22.9. The largest absolute Gasteiger partial charge is 0.477 e. The lowest BCUT2D eigenvalue weighted by molar-refractivity contribution is -0.384. The summed E-state index contributed by atoms with van der Waals surface area (Å²) >= 11 is 1.24. The van der Waals surface area contributed by atoms with Gasteiger partial charge in [0, 0.05) is 25.2 Å². The molecule has 0 unspecified atom stereocenters. The van der Waals surface area contributed by atoms with Gasteiger partial charge in [-0.05, 0) is 57.0 Å². The summed E-state index contributed by atoms with van der Waals surface area (Å²) in [4.78, 5) is 42.0. The number of para-hydroxylation sites is 1. The maximum atomic E-state index is 13.3. The van der Waals surface area contributed by atoms with E-state index in [-0.39, 0.29) is 16.6 Å². The molecule has 1 N–H and O–H groups in total. The Morgan fingerprint density at radius 3 is 2.44 bits per heavy atom. The Morgan fingerprint density at radius 2 is 1.75 bits per heavy atom. The number of piperidine rings is 2. The number of likely N-dealkylation sites (tertiary alicyclic amines) is 1. The predicted molar refractivity (Wildman–Crippen MR) is 141 cm³/mol. The quantitative estimate of drug-likeness (QED) is 0.315. The highest BCUT2D eigenvalue weighted by molar-refractivity contribution is 7.24. The molecule has 2 aromatic heterocycles. The van der Waals surface area contributed by atoms with Crippen LogP contribution in [0.4, 0.5) is 11.4 Å². The molecule has 2 aromatic carbocycles. The highest BCUT2D eigenvalue weighted by Crippen LogP contribution is 2.38. The number of benzene rings is 2. The number of carboxylic acid groups (broad SMARTS) is 1. The molecule has 186 valence electrons. The van der Waals surface area contributed by atoms with Crippen molar-refractivity contribution < 1.29 is 14.8 Å². The number of aromatic nitrogens is 1. The second-order valence-corrected chi connectivity index (χ2v) is 10.7. The SMILES string of the molecule is O=C(O)c1c(=O)c2cc([N+](=O)[O-])c(N3CCC(N4CCCCC4)CC3)cc2n2c1sc1ccccc12. The van der Waals surface area contributed by atoms with Gasteiger partial charge in [0.05, 0.1) is 26.0 Å². The number of carbonyl (C=O) groups is 1. The van der Waals surface area contributed by atoms with E-state index < -0.39 is 16.3 Å². The molecule has 4 heterocycles. The van der Waals surface area contributed by atoms with E-state index in [1.807, 2.05) is 24.3 Å². The van der Waals surface area contributed by atoms with Crippen LogP contribution in [-0.2, 0) is 0 Å². The topological polar surface area (TPSA) is 108 Å². The monoisotopic (exact) mass is 506 g/mol. The number of aromatic carboxylic acids is 1. The fraction of sp³-hybridized carbons (Fsp3) is 0.385. The number of rotatable bonds is 4. The summed E-state index contributed by atoms with van der Waals surface area (Å²) < 4.78 is 2.61. The van der Waals surface area contributed by atoms with E-state index in [2.05, 4.69) is 9.80 Å². The molecule has 2 saturated heterocycles. The predicted octanol–water partition coefficient (Wildman–Crippen LogP) is 4.73. The van der Waals surface area contributed by atoms with Crippen molar-refractivity contribution in [2.45, 2.75) is 38.1 Å². The Morgan fingerprint density at radius 1 is 1.03 bits per heavy atom. The Bertz CT molecular complexity index is 1580. The van der Waals surface area contributed by atoms with Gasteiger partial charge in [-0.3, -0.25) is 19.3 Å². The zero-order valence-electron chi connectivity index (χ0n) is 19.7. The zero-order chi connectivity index (χ0) is 25.0. The third-order valence-corrected chi connectivity index (χ3v) is 8.80.